The summed E-state index contributed by atoms with van der Waals surface area (Å²) in [6.07, 6.45) is 5.54. The second-order valence-corrected chi connectivity index (χ2v) is 4.08. The molecule has 0 aromatic carbocycles. The van der Waals surface area contributed by atoms with Gasteiger partial charge in [-0.05, 0) is 26.7 Å². The summed E-state index contributed by atoms with van der Waals surface area (Å²) in [5.74, 6) is 1.02. The highest BCUT2D eigenvalue weighted by Crippen LogP contribution is 2.09. The van der Waals surface area contributed by atoms with E-state index in [-0.39, 0.29) is 6.61 Å². The first-order valence-corrected chi connectivity index (χ1v) is 4.93. The zero-order chi connectivity index (χ0) is 10.6. The van der Waals surface area contributed by atoms with Crippen LogP contribution in [0.3, 0.4) is 0 Å². The van der Waals surface area contributed by atoms with E-state index in [1.54, 1.807) is 6.20 Å². The van der Waals surface area contributed by atoms with Gasteiger partial charge in [-0.3, -0.25) is 0 Å². The molecular formula is C10H19N3O. The van der Waals surface area contributed by atoms with Crippen molar-refractivity contribution in [3.8, 4) is 0 Å². The van der Waals surface area contributed by atoms with Gasteiger partial charge in [0.2, 0.25) is 0 Å². The molecule has 0 bridgehead atoms. The van der Waals surface area contributed by atoms with E-state index in [4.69, 9.17) is 10.8 Å². The number of rotatable bonds is 5. The Hall–Kier alpha value is -0.870. The molecule has 0 amide bonds. The molecule has 0 saturated carbocycles. The first kappa shape index (κ1) is 11.2. The van der Waals surface area contributed by atoms with E-state index in [1.165, 1.54) is 0 Å². The molecule has 4 nitrogen and oxygen atoms in total. The van der Waals surface area contributed by atoms with Crippen molar-refractivity contribution in [3.05, 3.63) is 18.2 Å². The lowest BCUT2D eigenvalue weighted by Gasteiger charge is -2.21. The Morgan fingerprint density at radius 3 is 2.86 bits per heavy atom. The molecule has 0 radical (unpaired) electrons. The van der Waals surface area contributed by atoms with Crippen LogP contribution in [-0.4, -0.2) is 26.8 Å². The third-order valence-corrected chi connectivity index (χ3v) is 2.43. The zero-order valence-electron chi connectivity index (χ0n) is 8.90. The van der Waals surface area contributed by atoms with Crippen molar-refractivity contribution in [3.63, 3.8) is 0 Å². The van der Waals surface area contributed by atoms with Gasteiger partial charge >= 0.3 is 0 Å². The molecule has 1 aromatic rings. The monoisotopic (exact) mass is 197 g/mol. The Kier molecular flexibility index (Phi) is 3.66. The van der Waals surface area contributed by atoms with Crippen LogP contribution in [0.1, 0.15) is 25.6 Å². The molecule has 14 heavy (non-hydrogen) atoms. The molecule has 0 spiro atoms. The summed E-state index contributed by atoms with van der Waals surface area (Å²) in [4.78, 5) is 4.13. The van der Waals surface area contributed by atoms with Crippen LogP contribution in [0, 0.1) is 6.92 Å². The molecule has 1 atom stereocenters. The summed E-state index contributed by atoms with van der Waals surface area (Å²) in [7, 11) is 0. The molecule has 1 unspecified atom stereocenters. The van der Waals surface area contributed by atoms with E-state index >= 15 is 0 Å². The van der Waals surface area contributed by atoms with Crippen LogP contribution < -0.4 is 5.73 Å². The third-order valence-electron chi connectivity index (χ3n) is 2.43. The highest BCUT2D eigenvalue weighted by atomic mass is 16.3. The molecule has 0 aliphatic carbocycles. The smallest absolute Gasteiger partial charge is 0.105 e. The van der Waals surface area contributed by atoms with Crippen molar-refractivity contribution < 1.29 is 5.11 Å². The number of hydrogen-bond donors (Lipinski definition) is 2. The number of aryl methyl sites for hydroxylation is 2. The van der Waals surface area contributed by atoms with Crippen LogP contribution in [0.2, 0.25) is 0 Å². The molecule has 0 saturated heterocycles. The van der Waals surface area contributed by atoms with E-state index in [0.717, 1.165) is 25.2 Å². The Balaban J connectivity index is 2.32. The molecule has 3 N–H and O–H groups in total. The number of hydrogen-bond acceptors (Lipinski definition) is 3. The molecule has 1 heterocycles. The lowest BCUT2D eigenvalue weighted by Crippen LogP contribution is -2.40. The first-order chi connectivity index (χ1) is 6.55. The Morgan fingerprint density at radius 1 is 1.64 bits per heavy atom. The van der Waals surface area contributed by atoms with Crippen molar-refractivity contribution >= 4 is 0 Å². The van der Waals surface area contributed by atoms with Gasteiger partial charge in [0.15, 0.2) is 0 Å². The molecule has 0 aliphatic heterocycles. The number of nitrogens with two attached hydrogens (primary N) is 1. The maximum Gasteiger partial charge on any atom is 0.105 e. The van der Waals surface area contributed by atoms with E-state index in [9.17, 15) is 0 Å². The second kappa shape index (κ2) is 4.57. The molecule has 1 aromatic heterocycles. The van der Waals surface area contributed by atoms with E-state index in [2.05, 4.69) is 9.55 Å². The predicted octanol–water partition coefficient (Wildman–Crippen LogP) is 0.681. The third kappa shape index (κ3) is 3.12. The fourth-order valence-electron chi connectivity index (χ4n) is 1.37. The van der Waals surface area contributed by atoms with Crippen molar-refractivity contribution in [1.82, 2.24) is 9.55 Å². The van der Waals surface area contributed by atoms with Crippen LogP contribution >= 0.6 is 0 Å². The van der Waals surface area contributed by atoms with Crippen molar-refractivity contribution in [1.29, 1.82) is 0 Å². The SMILES string of the molecule is Cc1nccn1CCCC(C)(N)CO. The first-order valence-electron chi connectivity index (χ1n) is 4.93. The standard InChI is InChI=1S/C10H19N3O/c1-9-12-5-7-13(9)6-3-4-10(2,11)8-14/h5,7,14H,3-4,6,8,11H2,1-2H3. The molecule has 0 aliphatic rings. The summed E-state index contributed by atoms with van der Waals surface area (Å²) in [6, 6.07) is 0. The topological polar surface area (TPSA) is 64.1 Å². The maximum absolute atomic E-state index is 8.96. The largest absolute Gasteiger partial charge is 0.394 e. The van der Waals surface area contributed by atoms with Gasteiger partial charge in [-0.25, -0.2) is 4.98 Å². The molecule has 4 heteroatoms. The Morgan fingerprint density at radius 2 is 2.36 bits per heavy atom. The quantitative estimate of drug-likeness (QED) is 0.729. The van der Waals surface area contributed by atoms with E-state index < -0.39 is 5.54 Å². The minimum absolute atomic E-state index is 0.0376. The normalized spacial score (nSPS) is 15.4. The average Bonchev–Trinajstić information content (AvgIpc) is 2.52. The van der Waals surface area contributed by atoms with Crippen molar-refractivity contribution in [2.45, 2.75) is 38.8 Å². The van der Waals surface area contributed by atoms with Gasteiger partial charge < -0.3 is 15.4 Å². The van der Waals surface area contributed by atoms with E-state index in [1.807, 2.05) is 20.0 Å². The minimum Gasteiger partial charge on any atom is -0.394 e. The van der Waals surface area contributed by atoms with Crippen molar-refractivity contribution in [2.75, 3.05) is 6.61 Å². The molecule has 80 valence electrons. The molecule has 0 fully saturated rings. The summed E-state index contributed by atoms with van der Waals surface area (Å²) in [5, 5.41) is 8.96. The summed E-state index contributed by atoms with van der Waals surface area (Å²) < 4.78 is 2.09. The van der Waals surface area contributed by atoms with Crippen LogP contribution in [-0.2, 0) is 6.54 Å². The number of aliphatic hydroxyl groups is 1. The second-order valence-electron chi connectivity index (χ2n) is 4.08. The number of aromatic nitrogens is 2. The van der Waals surface area contributed by atoms with Gasteiger partial charge in [-0.1, -0.05) is 0 Å². The van der Waals surface area contributed by atoms with Gasteiger partial charge in [0.1, 0.15) is 5.82 Å². The van der Waals surface area contributed by atoms with Crippen LogP contribution in [0.15, 0.2) is 12.4 Å². The lowest BCUT2D eigenvalue weighted by atomic mass is 9.98. The fraction of sp³-hybridized carbons (Fsp3) is 0.700. The Labute approximate surface area is 84.8 Å². The summed E-state index contributed by atoms with van der Waals surface area (Å²) >= 11 is 0. The number of imidazole rings is 1. The van der Waals surface area contributed by atoms with Crippen LogP contribution in [0.5, 0.6) is 0 Å². The van der Waals surface area contributed by atoms with Gasteiger partial charge in [0.25, 0.3) is 0 Å². The summed E-state index contributed by atoms with van der Waals surface area (Å²) in [5.41, 5.74) is 5.37. The average molecular weight is 197 g/mol. The minimum atomic E-state index is -0.450. The molecule has 1 rings (SSSR count). The van der Waals surface area contributed by atoms with Crippen molar-refractivity contribution in [2.24, 2.45) is 5.73 Å². The zero-order valence-corrected chi connectivity index (χ0v) is 8.90. The highest BCUT2D eigenvalue weighted by Gasteiger charge is 2.15. The summed E-state index contributed by atoms with van der Waals surface area (Å²) in [6.45, 7) is 4.80. The predicted molar refractivity (Wildman–Crippen MR) is 55.9 cm³/mol. The van der Waals surface area contributed by atoms with Crippen LogP contribution in [0.25, 0.3) is 0 Å². The highest BCUT2D eigenvalue weighted by molar-refractivity contribution is 4.88. The Bertz CT molecular complexity index is 281. The van der Waals surface area contributed by atoms with Gasteiger partial charge in [-0.15, -0.1) is 0 Å². The van der Waals surface area contributed by atoms with E-state index in [0.29, 0.717) is 0 Å². The van der Waals surface area contributed by atoms with Gasteiger partial charge in [0, 0.05) is 24.5 Å². The fourth-order valence-corrected chi connectivity index (χ4v) is 1.37. The molecular weight excluding hydrogens is 178 g/mol. The number of aliphatic hydroxyl groups excluding tert-OH is 1. The maximum atomic E-state index is 8.96. The lowest BCUT2D eigenvalue weighted by molar-refractivity contribution is 0.196. The van der Waals surface area contributed by atoms with Gasteiger partial charge in [-0.2, -0.15) is 0 Å². The van der Waals surface area contributed by atoms with Gasteiger partial charge in [0.05, 0.1) is 6.61 Å². The van der Waals surface area contributed by atoms with Crippen LogP contribution in [0.4, 0.5) is 0 Å². The number of nitrogens with zero attached hydrogens (tertiary/aromatic N) is 2.